The van der Waals surface area contributed by atoms with E-state index in [0.29, 0.717) is 30.3 Å². The molecule has 0 saturated carbocycles. The predicted molar refractivity (Wildman–Crippen MR) is 95.5 cm³/mol. The highest BCUT2D eigenvalue weighted by molar-refractivity contribution is 6.33. The van der Waals surface area contributed by atoms with Gasteiger partial charge in [0.1, 0.15) is 6.10 Å². The van der Waals surface area contributed by atoms with Crippen molar-refractivity contribution in [1.29, 1.82) is 0 Å². The monoisotopic (exact) mass is 358 g/mol. The highest BCUT2D eigenvalue weighted by Gasteiger charge is 2.25. The molecule has 0 spiro atoms. The van der Waals surface area contributed by atoms with E-state index in [1.54, 1.807) is 29.2 Å². The topological polar surface area (TPSA) is 58.6 Å². The van der Waals surface area contributed by atoms with Crippen LogP contribution in [0.3, 0.4) is 0 Å². The Morgan fingerprint density at radius 3 is 2.60 bits per heavy atom. The maximum Gasteiger partial charge on any atom is 0.253 e. The molecule has 1 saturated heterocycles. The summed E-state index contributed by atoms with van der Waals surface area (Å²) in [6, 6.07) is 16.6. The molecular weight excluding hydrogens is 340 g/mol. The Morgan fingerprint density at radius 2 is 1.84 bits per heavy atom. The van der Waals surface area contributed by atoms with Gasteiger partial charge in [0, 0.05) is 6.54 Å². The Kier molecular flexibility index (Phi) is 5.68. The second-order valence-electron chi connectivity index (χ2n) is 5.77. The first-order chi connectivity index (χ1) is 12.1. The lowest BCUT2D eigenvalue weighted by atomic mass is 10.1. The molecule has 6 heteroatoms. The number of ether oxygens (including phenoxy) is 1. The van der Waals surface area contributed by atoms with E-state index in [-0.39, 0.29) is 24.5 Å². The molecule has 1 fully saturated rings. The van der Waals surface area contributed by atoms with Crippen molar-refractivity contribution in [3.8, 4) is 0 Å². The fourth-order valence-electron chi connectivity index (χ4n) is 2.75. The molecule has 1 atom stereocenters. The molecule has 2 amide bonds. The van der Waals surface area contributed by atoms with Crippen LogP contribution in [0.2, 0.25) is 5.02 Å². The predicted octanol–water partition coefficient (Wildman–Crippen LogP) is 2.67. The second kappa shape index (κ2) is 8.14. The molecule has 1 heterocycles. The van der Waals surface area contributed by atoms with E-state index < -0.39 is 0 Å². The number of hydrogen-bond donors (Lipinski definition) is 1. The summed E-state index contributed by atoms with van der Waals surface area (Å²) in [4.78, 5) is 26.3. The van der Waals surface area contributed by atoms with Crippen molar-refractivity contribution >= 4 is 23.4 Å². The highest BCUT2D eigenvalue weighted by Crippen LogP contribution is 2.22. The molecule has 3 rings (SSSR count). The molecule has 0 unspecified atom stereocenters. The first-order valence-electron chi connectivity index (χ1n) is 8.12. The van der Waals surface area contributed by atoms with Crippen LogP contribution in [0.25, 0.3) is 0 Å². The molecule has 5 nitrogen and oxygen atoms in total. The van der Waals surface area contributed by atoms with E-state index in [0.717, 1.165) is 5.56 Å². The SMILES string of the molecule is O=C(NCC(=O)N1CCO[C@H](c2ccccc2)C1)c1ccccc1Cl. The van der Waals surface area contributed by atoms with Gasteiger partial charge >= 0.3 is 0 Å². The fourth-order valence-corrected chi connectivity index (χ4v) is 2.97. The Morgan fingerprint density at radius 1 is 1.12 bits per heavy atom. The van der Waals surface area contributed by atoms with Gasteiger partial charge in [-0.3, -0.25) is 9.59 Å². The van der Waals surface area contributed by atoms with Crippen LogP contribution >= 0.6 is 11.6 Å². The van der Waals surface area contributed by atoms with Crippen LogP contribution in [-0.2, 0) is 9.53 Å². The number of nitrogens with one attached hydrogen (secondary N) is 1. The maximum atomic E-state index is 12.4. The van der Waals surface area contributed by atoms with Crippen molar-refractivity contribution in [2.75, 3.05) is 26.2 Å². The Labute approximate surface area is 151 Å². The zero-order valence-corrected chi connectivity index (χ0v) is 14.4. The molecule has 1 aliphatic heterocycles. The molecule has 0 aromatic heterocycles. The summed E-state index contributed by atoms with van der Waals surface area (Å²) in [5, 5.41) is 3.00. The summed E-state index contributed by atoms with van der Waals surface area (Å²) >= 11 is 6.00. The number of carbonyl (C=O) groups is 2. The summed E-state index contributed by atoms with van der Waals surface area (Å²) < 4.78 is 5.76. The Balaban J connectivity index is 1.56. The van der Waals surface area contributed by atoms with E-state index in [1.807, 2.05) is 30.3 Å². The van der Waals surface area contributed by atoms with Gasteiger partial charge in [-0.1, -0.05) is 54.1 Å². The largest absolute Gasteiger partial charge is 0.370 e. The van der Waals surface area contributed by atoms with Crippen LogP contribution in [0.1, 0.15) is 22.0 Å². The van der Waals surface area contributed by atoms with E-state index >= 15 is 0 Å². The maximum absolute atomic E-state index is 12.4. The van der Waals surface area contributed by atoms with Crippen LogP contribution in [0.4, 0.5) is 0 Å². The third-order valence-electron chi connectivity index (χ3n) is 4.11. The molecule has 130 valence electrons. The van der Waals surface area contributed by atoms with Gasteiger partial charge in [-0.25, -0.2) is 0 Å². The van der Waals surface area contributed by atoms with Gasteiger partial charge < -0.3 is 15.0 Å². The highest BCUT2D eigenvalue weighted by atomic mass is 35.5. The van der Waals surface area contributed by atoms with Gasteiger partial charge in [-0.15, -0.1) is 0 Å². The minimum atomic E-state index is -0.355. The average Bonchev–Trinajstić information content (AvgIpc) is 2.67. The number of hydrogen-bond acceptors (Lipinski definition) is 3. The van der Waals surface area contributed by atoms with Gasteiger partial charge in [0.25, 0.3) is 5.91 Å². The lowest BCUT2D eigenvalue weighted by Gasteiger charge is -2.33. The molecule has 0 bridgehead atoms. The van der Waals surface area contributed by atoms with Gasteiger partial charge in [0.15, 0.2) is 0 Å². The third kappa shape index (κ3) is 4.38. The van der Waals surface area contributed by atoms with E-state index in [2.05, 4.69) is 5.32 Å². The minimum Gasteiger partial charge on any atom is -0.370 e. The number of morpholine rings is 1. The molecular formula is C19H19ClN2O3. The average molecular weight is 359 g/mol. The zero-order valence-electron chi connectivity index (χ0n) is 13.7. The van der Waals surface area contributed by atoms with E-state index in [1.165, 1.54) is 0 Å². The molecule has 0 radical (unpaired) electrons. The standard InChI is InChI=1S/C19H19ClN2O3/c20-16-9-5-4-8-15(16)19(24)21-12-18(23)22-10-11-25-17(13-22)14-6-2-1-3-7-14/h1-9,17H,10-13H2,(H,21,24)/t17-/m0/s1. The quantitative estimate of drug-likeness (QED) is 0.914. The molecule has 1 aliphatic rings. The summed E-state index contributed by atoms with van der Waals surface area (Å²) in [6.07, 6.45) is -0.141. The van der Waals surface area contributed by atoms with Crippen LogP contribution in [-0.4, -0.2) is 43.0 Å². The number of carbonyl (C=O) groups excluding carboxylic acids is 2. The number of halogens is 1. The van der Waals surface area contributed by atoms with E-state index in [4.69, 9.17) is 16.3 Å². The van der Waals surface area contributed by atoms with Crippen LogP contribution in [0, 0.1) is 0 Å². The van der Waals surface area contributed by atoms with Crippen molar-refractivity contribution < 1.29 is 14.3 Å². The fraction of sp³-hybridized carbons (Fsp3) is 0.263. The van der Waals surface area contributed by atoms with Gasteiger partial charge in [0.2, 0.25) is 5.91 Å². The molecule has 25 heavy (non-hydrogen) atoms. The van der Waals surface area contributed by atoms with Crippen molar-refractivity contribution in [2.24, 2.45) is 0 Å². The van der Waals surface area contributed by atoms with Gasteiger partial charge in [-0.05, 0) is 17.7 Å². The van der Waals surface area contributed by atoms with Crippen molar-refractivity contribution in [3.63, 3.8) is 0 Å². The Hall–Kier alpha value is -2.37. The molecule has 0 aliphatic carbocycles. The molecule has 1 N–H and O–H groups in total. The molecule has 2 aromatic rings. The van der Waals surface area contributed by atoms with Gasteiger partial charge in [-0.2, -0.15) is 0 Å². The lowest BCUT2D eigenvalue weighted by Crippen LogP contribution is -2.46. The normalized spacial score (nSPS) is 17.2. The van der Waals surface area contributed by atoms with Crippen molar-refractivity contribution in [1.82, 2.24) is 10.2 Å². The summed E-state index contributed by atoms with van der Waals surface area (Å²) in [5.74, 6) is -0.489. The number of amides is 2. The smallest absolute Gasteiger partial charge is 0.253 e. The summed E-state index contributed by atoms with van der Waals surface area (Å²) in [5.41, 5.74) is 1.40. The molecule has 2 aromatic carbocycles. The summed E-state index contributed by atoms with van der Waals surface area (Å²) in [6.45, 7) is 1.41. The van der Waals surface area contributed by atoms with Crippen LogP contribution in [0.5, 0.6) is 0 Å². The van der Waals surface area contributed by atoms with Crippen molar-refractivity contribution in [2.45, 2.75) is 6.10 Å². The summed E-state index contributed by atoms with van der Waals surface area (Å²) in [7, 11) is 0. The lowest BCUT2D eigenvalue weighted by molar-refractivity contribution is -0.137. The third-order valence-corrected chi connectivity index (χ3v) is 4.44. The van der Waals surface area contributed by atoms with Crippen LogP contribution in [0.15, 0.2) is 54.6 Å². The second-order valence-corrected chi connectivity index (χ2v) is 6.18. The van der Waals surface area contributed by atoms with Gasteiger partial charge in [0.05, 0.1) is 30.3 Å². The van der Waals surface area contributed by atoms with Crippen molar-refractivity contribution in [3.05, 3.63) is 70.7 Å². The number of rotatable bonds is 4. The first kappa shape index (κ1) is 17.5. The van der Waals surface area contributed by atoms with E-state index in [9.17, 15) is 9.59 Å². The first-order valence-corrected chi connectivity index (χ1v) is 8.50. The zero-order chi connectivity index (χ0) is 17.6. The Bertz CT molecular complexity index is 751. The minimum absolute atomic E-state index is 0.0639. The number of nitrogens with zero attached hydrogens (tertiary/aromatic N) is 1. The van der Waals surface area contributed by atoms with Crippen LogP contribution < -0.4 is 5.32 Å². The number of benzene rings is 2.